The van der Waals surface area contributed by atoms with Crippen molar-refractivity contribution in [3.8, 4) is 11.5 Å². The van der Waals surface area contributed by atoms with Gasteiger partial charge in [0, 0.05) is 24.1 Å². The van der Waals surface area contributed by atoms with Gasteiger partial charge < -0.3 is 29.0 Å². The van der Waals surface area contributed by atoms with E-state index >= 15 is 0 Å². The fourth-order valence-electron chi connectivity index (χ4n) is 4.50. The smallest absolute Gasteiger partial charge is 0.422 e. The lowest BCUT2D eigenvalue weighted by molar-refractivity contribution is -0.153. The number of allylic oxidation sites excluding steroid dienone is 1. The normalized spacial score (nSPS) is 17.9. The van der Waals surface area contributed by atoms with Crippen LogP contribution < -0.4 is 9.47 Å². The fraction of sp³-hybridized carbons (Fsp3) is 0.500. The first-order valence-electron chi connectivity index (χ1n) is 10.8. The highest BCUT2D eigenvalue weighted by atomic mass is 19.4. The first kappa shape index (κ1) is 26.4. The number of ether oxygens (including phenoxy) is 4. The van der Waals surface area contributed by atoms with Gasteiger partial charge in [0.15, 0.2) is 24.4 Å². The van der Waals surface area contributed by atoms with E-state index in [0.29, 0.717) is 36.1 Å². The Morgan fingerprint density at radius 3 is 2.46 bits per heavy atom. The van der Waals surface area contributed by atoms with Crippen molar-refractivity contribution in [3.63, 3.8) is 0 Å². The molecule has 192 valence electrons. The Balaban J connectivity index is 2.24. The van der Waals surface area contributed by atoms with Crippen LogP contribution in [-0.4, -0.2) is 75.1 Å². The molecule has 1 unspecified atom stereocenters. The van der Waals surface area contributed by atoms with E-state index in [0.717, 1.165) is 0 Å². The van der Waals surface area contributed by atoms with Crippen molar-refractivity contribution in [2.24, 2.45) is 5.41 Å². The average molecular weight is 499 g/mol. The molecule has 35 heavy (non-hydrogen) atoms. The molecule has 1 N–H and O–H groups in total. The molecule has 0 saturated carbocycles. The molecule has 0 fully saturated rings. The molecular weight excluding hydrogens is 471 g/mol. The molecule has 2 heterocycles. The van der Waals surface area contributed by atoms with Crippen molar-refractivity contribution in [1.29, 1.82) is 0 Å². The maximum absolute atomic E-state index is 12.8. The summed E-state index contributed by atoms with van der Waals surface area (Å²) in [6, 6.07) is 2.74. The van der Waals surface area contributed by atoms with Gasteiger partial charge in [-0.15, -0.1) is 0 Å². The lowest BCUT2D eigenvalue weighted by atomic mass is 9.75. The average Bonchev–Trinajstić information content (AvgIpc) is 2.78. The number of halogens is 3. The summed E-state index contributed by atoms with van der Waals surface area (Å²) in [4.78, 5) is 24.8. The highest BCUT2D eigenvalue weighted by Crippen LogP contribution is 2.46. The summed E-state index contributed by atoms with van der Waals surface area (Å²) >= 11 is 0. The number of carbonyl (C=O) groups excluding carboxylic acids is 1. The van der Waals surface area contributed by atoms with Crippen LogP contribution in [0.15, 0.2) is 29.5 Å². The van der Waals surface area contributed by atoms with Gasteiger partial charge in [-0.3, -0.25) is 4.79 Å². The molecular formula is C24H28F3NO7. The van der Waals surface area contributed by atoms with Crippen LogP contribution >= 0.6 is 0 Å². The maximum atomic E-state index is 12.8. The van der Waals surface area contributed by atoms with Crippen LogP contribution in [-0.2, 0) is 25.5 Å². The quantitative estimate of drug-likeness (QED) is 0.490. The standard InChI is InChI=1S/C24H28F3NO7/c1-23(2,12-32-3)20-9-14-7-18(35-13-24(25,26)27)17(33-4)10-16(14)21-19(34-6-5-29)8-15(22(30)31)11-28(20)21/h5,7-8,10,20H,6,9,11-13H2,1-4H3,(H,30,31). The Morgan fingerprint density at radius 2 is 1.89 bits per heavy atom. The number of rotatable bonds is 10. The van der Waals surface area contributed by atoms with E-state index in [-0.39, 0.29) is 42.0 Å². The fourth-order valence-corrected chi connectivity index (χ4v) is 4.50. The van der Waals surface area contributed by atoms with Crippen molar-refractivity contribution >= 4 is 18.0 Å². The number of benzene rings is 1. The summed E-state index contributed by atoms with van der Waals surface area (Å²) in [6.45, 7) is 2.53. The number of methoxy groups -OCH3 is 2. The van der Waals surface area contributed by atoms with Gasteiger partial charge >= 0.3 is 12.1 Å². The summed E-state index contributed by atoms with van der Waals surface area (Å²) in [5.74, 6) is -0.934. The molecule has 1 atom stereocenters. The number of carboxylic acids is 1. The number of aliphatic carboxylic acids is 1. The predicted octanol–water partition coefficient (Wildman–Crippen LogP) is 3.44. The minimum atomic E-state index is -4.53. The van der Waals surface area contributed by atoms with Crippen molar-refractivity contribution in [2.75, 3.05) is 40.6 Å². The van der Waals surface area contributed by atoms with E-state index in [1.807, 2.05) is 18.7 Å². The van der Waals surface area contributed by atoms with Gasteiger partial charge in [-0.05, 0) is 30.2 Å². The number of aldehydes is 1. The van der Waals surface area contributed by atoms with E-state index in [1.165, 1.54) is 19.3 Å². The van der Waals surface area contributed by atoms with Gasteiger partial charge in [-0.2, -0.15) is 13.2 Å². The zero-order valence-corrected chi connectivity index (χ0v) is 19.9. The number of carboxylic acid groups (broad SMARTS) is 1. The largest absolute Gasteiger partial charge is 0.493 e. The van der Waals surface area contributed by atoms with Crippen LogP contribution in [0.4, 0.5) is 13.2 Å². The molecule has 0 bridgehead atoms. The number of carbonyl (C=O) groups is 2. The highest BCUT2D eigenvalue weighted by Gasteiger charge is 2.43. The molecule has 0 saturated heterocycles. The van der Waals surface area contributed by atoms with Gasteiger partial charge in [-0.25, -0.2) is 4.79 Å². The van der Waals surface area contributed by atoms with Crippen LogP contribution in [0.3, 0.4) is 0 Å². The zero-order chi connectivity index (χ0) is 26.0. The minimum absolute atomic E-state index is 0.0600. The lowest BCUT2D eigenvalue weighted by Gasteiger charge is -2.49. The number of fused-ring (bicyclic) bond motifs is 3. The second-order valence-electron chi connectivity index (χ2n) is 9.00. The third-order valence-corrected chi connectivity index (χ3v) is 5.99. The van der Waals surface area contributed by atoms with Gasteiger partial charge in [-0.1, -0.05) is 13.8 Å². The second kappa shape index (κ2) is 10.2. The molecule has 11 heteroatoms. The van der Waals surface area contributed by atoms with E-state index < -0.39 is 24.2 Å². The molecule has 0 amide bonds. The molecule has 8 nitrogen and oxygen atoms in total. The van der Waals surface area contributed by atoms with E-state index in [1.54, 1.807) is 13.2 Å². The van der Waals surface area contributed by atoms with E-state index in [2.05, 4.69) is 0 Å². The van der Waals surface area contributed by atoms with E-state index in [9.17, 15) is 27.9 Å². The Labute approximate surface area is 200 Å². The monoisotopic (exact) mass is 499 g/mol. The van der Waals surface area contributed by atoms with Gasteiger partial charge in [0.2, 0.25) is 0 Å². The molecule has 0 aromatic heterocycles. The molecule has 0 spiro atoms. The number of hydrogen-bond acceptors (Lipinski definition) is 7. The van der Waals surface area contributed by atoms with Crippen LogP contribution in [0.5, 0.6) is 11.5 Å². The zero-order valence-electron chi connectivity index (χ0n) is 19.9. The molecule has 0 radical (unpaired) electrons. The molecule has 3 rings (SSSR count). The summed E-state index contributed by atoms with van der Waals surface area (Å²) in [6.07, 6.45) is -2.24. The van der Waals surface area contributed by atoms with Crippen molar-refractivity contribution < 1.29 is 46.8 Å². The molecule has 2 aliphatic heterocycles. The maximum Gasteiger partial charge on any atom is 0.422 e. The first-order chi connectivity index (χ1) is 16.4. The van der Waals surface area contributed by atoms with E-state index in [4.69, 9.17) is 18.9 Å². The van der Waals surface area contributed by atoms with Gasteiger partial charge in [0.05, 0.1) is 31.5 Å². The van der Waals surface area contributed by atoms with Crippen LogP contribution in [0.1, 0.15) is 25.0 Å². The molecule has 1 aromatic rings. The summed E-state index contributed by atoms with van der Waals surface area (Å²) in [5, 5.41) is 9.71. The number of hydrogen-bond donors (Lipinski definition) is 1. The van der Waals surface area contributed by atoms with Crippen LogP contribution in [0, 0.1) is 5.41 Å². The number of alkyl halides is 3. The number of nitrogens with zero attached hydrogens (tertiary/aromatic N) is 1. The highest BCUT2D eigenvalue weighted by molar-refractivity contribution is 5.90. The van der Waals surface area contributed by atoms with Crippen molar-refractivity contribution in [3.05, 3.63) is 40.7 Å². The SMILES string of the molecule is COCC(C)(C)C1Cc2cc(OCC(F)(F)F)c(OC)cc2C2=C(OCC=O)C=C(C(=O)O)CN21. The van der Waals surface area contributed by atoms with Gasteiger partial charge in [0.25, 0.3) is 0 Å². The van der Waals surface area contributed by atoms with Gasteiger partial charge in [0.1, 0.15) is 12.4 Å². The Kier molecular flexibility index (Phi) is 7.68. The van der Waals surface area contributed by atoms with Crippen LogP contribution in [0.2, 0.25) is 0 Å². The predicted molar refractivity (Wildman–Crippen MR) is 119 cm³/mol. The van der Waals surface area contributed by atoms with Crippen molar-refractivity contribution in [2.45, 2.75) is 32.5 Å². The summed E-state index contributed by atoms with van der Waals surface area (Å²) < 4.78 is 59.8. The molecule has 1 aromatic carbocycles. The first-order valence-corrected chi connectivity index (χ1v) is 10.8. The Hall–Kier alpha value is -3.21. The third kappa shape index (κ3) is 5.72. The van der Waals surface area contributed by atoms with Crippen LogP contribution in [0.25, 0.3) is 5.70 Å². The summed E-state index contributed by atoms with van der Waals surface area (Å²) in [7, 11) is 2.87. The second-order valence-corrected chi connectivity index (χ2v) is 9.00. The summed E-state index contributed by atoms with van der Waals surface area (Å²) in [5.41, 5.74) is 1.36. The third-order valence-electron chi connectivity index (χ3n) is 5.99. The minimum Gasteiger partial charge on any atom is -0.493 e. The lowest BCUT2D eigenvalue weighted by Crippen LogP contribution is -2.52. The Morgan fingerprint density at radius 1 is 1.17 bits per heavy atom. The topological polar surface area (TPSA) is 94.5 Å². The van der Waals surface area contributed by atoms with Crippen molar-refractivity contribution in [1.82, 2.24) is 4.90 Å². The molecule has 0 aliphatic carbocycles. The Bertz CT molecular complexity index is 1050. The molecule has 2 aliphatic rings.